The summed E-state index contributed by atoms with van der Waals surface area (Å²) in [6.45, 7) is 1.71. The number of nitrogens with zero attached hydrogens (tertiary/aromatic N) is 1. The highest BCUT2D eigenvalue weighted by Gasteiger charge is 2.23. The van der Waals surface area contributed by atoms with Crippen LogP contribution in [0.25, 0.3) is 0 Å². The molecule has 3 rings (SSSR count). The van der Waals surface area contributed by atoms with Gasteiger partial charge in [-0.3, -0.25) is 4.79 Å². The number of benzene rings is 2. The fourth-order valence-electron chi connectivity index (χ4n) is 3.36. The number of nitrogens with one attached hydrogen (secondary N) is 2. The van der Waals surface area contributed by atoms with Gasteiger partial charge >= 0.3 is 6.09 Å². The van der Waals surface area contributed by atoms with Crippen LogP contribution in [0.2, 0.25) is 0 Å². The highest BCUT2D eigenvalue weighted by atomic mass is 19.1. The molecule has 0 saturated carbocycles. The Bertz CT molecular complexity index is 835. The van der Waals surface area contributed by atoms with Gasteiger partial charge in [-0.25, -0.2) is 9.18 Å². The number of halogens is 1. The van der Waals surface area contributed by atoms with Crippen LogP contribution >= 0.6 is 0 Å². The van der Waals surface area contributed by atoms with Crippen LogP contribution in [-0.2, 0) is 11.3 Å². The van der Waals surface area contributed by atoms with Crippen LogP contribution in [0.15, 0.2) is 48.5 Å². The number of methoxy groups -OCH3 is 1. The van der Waals surface area contributed by atoms with Crippen LogP contribution in [0.5, 0.6) is 0 Å². The van der Waals surface area contributed by atoms with Crippen molar-refractivity contribution >= 4 is 17.7 Å². The summed E-state index contributed by atoms with van der Waals surface area (Å²) in [5.74, 6) is -0.523. The average molecular weight is 385 g/mol. The zero-order valence-electron chi connectivity index (χ0n) is 15.8. The Balaban J connectivity index is 1.63. The smallest absolute Gasteiger partial charge is 0.407 e. The summed E-state index contributed by atoms with van der Waals surface area (Å²) in [6.07, 6.45) is 1.12. The van der Waals surface area contributed by atoms with Crippen LogP contribution in [-0.4, -0.2) is 38.2 Å². The molecule has 6 nitrogen and oxygen atoms in total. The summed E-state index contributed by atoms with van der Waals surface area (Å²) >= 11 is 0. The van der Waals surface area contributed by atoms with Crippen molar-refractivity contribution in [3.05, 3.63) is 65.5 Å². The van der Waals surface area contributed by atoms with Gasteiger partial charge in [0, 0.05) is 31.4 Å². The molecule has 1 saturated heterocycles. The van der Waals surface area contributed by atoms with Gasteiger partial charge in [-0.05, 0) is 42.7 Å². The number of hydrogen-bond donors (Lipinski definition) is 2. The second kappa shape index (κ2) is 9.21. The number of hydrogen-bond acceptors (Lipinski definition) is 4. The Morgan fingerprint density at radius 1 is 1.14 bits per heavy atom. The zero-order chi connectivity index (χ0) is 19.9. The number of carbonyl (C=O) groups is 2. The molecule has 2 aromatic rings. The molecular formula is C21H24FN3O3. The van der Waals surface area contributed by atoms with Crippen molar-refractivity contribution in [1.82, 2.24) is 10.6 Å². The van der Waals surface area contributed by atoms with E-state index in [1.54, 1.807) is 18.2 Å². The van der Waals surface area contributed by atoms with Crippen molar-refractivity contribution in [2.45, 2.75) is 25.4 Å². The molecule has 0 radical (unpaired) electrons. The topological polar surface area (TPSA) is 70.7 Å². The molecule has 2 N–H and O–H groups in total. The van der Waals surface area contributed by atoms with Gasteiger partial charge in [-0.2, -0.15) is 0 Å². The van der Waals surface area contributed by atoms with Crippen molar-refractivity contribution in [1.29, 1.82) is 0 Å². The largest absolute Gasteiger partial charge is 0.453 e. The van der Waals surface area contributed by atoms with E-state index in [1.165, 1.54) is 19.2 Å². The van der Waals surface area contributed by atoms with Gasteiger partial charge in [-0.15, -0.1) is 0 Å². The molecule has 2 aromatic carbocycles. The Morgan fingerprint density at radius 2 is 1.89 bits per heavy atom. The van der Waals surface area contributed by atoms with Gasteiger partial charge < -0.3 is 20.3 Å². The number of carbonyl (C=O) groups excluding carboxylic acids is 2. The molecule has 2 amide bonds. The van der Waals surface area contributed by atoms with E-state index in [9.17, 15) is 14.0 Å². The number of anilines is 1. The fourth-order valence-corrected chi connectivity index (χ4v) is 3.36. The first-order chi connectivity index (χ1) is 13.6. The number of para-hydroxylation sites is 1. The van der Waals surface area contributed by atoms with Gasteiger partial charge in [-0.1, -0.05) is 24.3 Å². The molecule has 1 aliphatic heterocycles. The van der Waals surface area contributed by atoms with Crippen LogP contribution in [0.3, 0.4) is 0 Å². The molecule has 0 aliphatic carbocycles. The molecule has 0 atom stereocenters. The van der Waals surface area contributed by atoms with E-state index in [-0.39, 0.29) is 24.3 Å². The minimum Gasteiger partial charge on any atom is -0.453 e. The highest BCUT2D eigenvalue weighted by molar-refractivity contribution is 5.99. The van der Waals surface area contributed by atoms with Crippen molar-refractivity contribution in [2.75, 3.05) is 25.1 Å². The molecule has 1 aliphatic rings. The molecule has 0 spiro atoms. The molecule has 0 unspecified atom stereocenters. The van der Waals surface area contributed by atoms with E-state index in [4.69, 9.17) is 0 Å². The maximum Gasteiger partial charge on any atom is 0.407 e. The van der Waals surface area contributed by atoms with E-state index in [0.29, 0.717) is 11.1 Å². The Morgan fingerprint density at radius 3 is 2.61 bits per heavy atom. The van der Waals surface area contributed by atoms with Gasteiger partial charge in [0.05, 0.1) is 12.7 Å². The number of amides is 2. The third kappa shape index (κ3) is 5.00. The zero-order valence-corrected chi connectivity index (χ0v) is 15.8. The Hall–Kier alpha value is -3.09. The van der Waals surface area contributed by atoms with E-state index in [0.717, 1.165) is 31.6 Å². The van der Waals surface area contributed by atoms with Gasteiger partial charge in [0.1, 0.15) is 5.82 Å². The summed E-state index contributed by atoms with van der Waals surface area (Å²) in [4.78, 5) is 26.2. The van der Waals surface area contributed by atoms with E-state index in [1.807, 2.05) is 18.2 Å². The van der Waals surface area contributed by atoms with Crippen molar-refractivity contribution in [3.8, 4) is 0 Å². The standard InChI is InChI=1S/C21H24FN3O3/c1-28-21(27)24-17-9-11-25(12-10-17)19-8-3-2-7-18(19)20(26)23-14-15-5-4-6-16(22)13-15/h2-8,13,17H,9-12,14H2,1H3,(H,23,26)(H,24,27). The number of ether oxygens (including phenoxy) is 1. The van der Waals surface area contributed by atoms with Gasteiger partial charge in [0.25, 0.3) is 5.91 Å². The van der Waals surface area contributed by atoms with Crippen molar-refractivity contribution in [3.63, 3.8) is 0 Å². The molecule has 0 bridgehead atoms. The summed E-state index contributed by atoms with van der Waals surface area (Å²) in [6, 6.07) is 13.7. The van der Waals surface area contributed by atoms with E-state index >= 15 is 0 Å². The maximum atomic E-state index is 13.3. The lowest BCUT2D eigenvalue weighted by Gasteiger charge is -2.34. The predicted molar refractivity (Wildman–Crippen MR) is 105 cm³/mol. The monoisotopic (exact) mass is 385 g/mol. The third-order valence-electron chi connectivity index (χ3n) is 4.83. The number of rotatable bonds is 5. The molecular weight excluding hydrogens is 361 g/mol. The lowest BCUT2D eigenvalue weighted by molar-refractivity contribution is 0.0951. The molecule has 7 heteroatoms. The average Bonchev–Trinajstić information content (AvgIpc) is 2.72. The molecule has 1 heterocycles. The fraction of sp³-hybridized carbons (Fsp3) is 0.333. The van der Waals surface area contributed by atoms with Gasteiger partial charge in [0.2, 0.25) is 0 Å². The SMILES string of the molecule is COC(=O)NC1CCN(c2ccccc2C(=O)NCc2cccc(F)c2)CC1. The second-order valence-corrected chi connectivity index (χ2v) is 6.73. The minimum absolute atomic E-state index is 0.0673. The van der Waals surface area contributed by atoms with Gasteiger partial charge in [0.15, 0.2) is 0 Å². The van der Waals surface area contributed by atoms with Crippen LogP contribution < -0.4 is 15.5 Å². The predicted octanol–water partition coefficient (Wildman–Crippen LogP) is 3.08. The van der Waals surface area contributed by atoms with Crippen LogP contribution in [0.1, 0.15) is 28.8 Å². The quantitative estimate of drug-likeness (QED) is 0.830. The Kier molecular flexibility index (Phi) is 6.47. The Labute approximate surface area is 163 Å². The van der Waals surface area contributed by atoms with E-state index in [2.05, 4.69) is 20.3 Å². The lowest BCUT2D eigenvalue weighted by atomic mass is 10.0. The van der Waals surface area contributed by atoms with Crippen LogP contribution in [0.4, 0.5) is 14.9 Å². The summed E-state index contributed by atoms with van der Waals surface area (Å²) in [5.41, 5.74) is 2.15. The first-order valence-electron chi connectivity index (χ1n) is 9.28. The molecule has 28 heavy (non-hydrogen) atoms. The van der Waals surface area contributed by atoms with Crippen LogP contribution in [0, 0.1) is 5.82 Å². The molecule has 148 valence electrons. The normalized spacial score (nSPS) is 14.4. The minimum atomic E-state index is -0.421. The number of piperidine rings is 1. The molecule has 1 fully saturated rings. The van der Waals surface area contributed by atoms with E-state index < -0.39 is 6.09 Å². The maximum absolute atomic E-state index is 13.3. The van der Waals surface area contributed by atoms with Crippen molar-refractivity contribution < 1.29 is 18.7 Å². The first kappa shape index (κ1) is 19.7. The third-order valence-corrected chi connectivity index (χ3v) is 4.83. The first-order valence-corrected chi connectivity index (χ1v) is 9.28. The second-order valence-electron chi connectivity index (χ2n) is 6.73. The summed E-state index contributed by atoms with van der Waals surface area (Å²) < 4.78 is 17.9. The van der Waals surface area contributed by atoms with Crippen molar-refractivity contribution in [2.24, 2.45) is 0 Å². The highest BCUT2D eigenvalue weighted by Crippen LogP contribution is 2.24. The molecule has 0 aromatic heterocycles. The lowest BCUT2D eigenvalue weighted by Crippen LogP contribution is -2.45. The number of alkyl carbamates (subject to hydrolysis) is 1. The summed E-state index contributed by atoms with van der Waals surface area (Å²) in [7, 11) is 1.35. The summed E-state index contributed by atoms with van der Waals surface area (Å²) in [5, 5.41) is 5.68.